The van der Waals surface area contributed by atoms with Gasteiger partial charge in [-0.1, -0.05) is 0 Å². The van der Waals surface area contributed by atoms with Crippen LogP contribution in [0.3, 0.4) is 0 Å². The van der Waals surface area contributed by atoms with Crippen LogP contribution in [0.4, 0.5) is 0 Å². The standard InChI is InChI=1S/C15H23NO3/c1-12-11-19-13(2)10-16(12)8-9-18-15-6-4-14(17-3)5-7-15/h4-7,12-13H,8-11H2,1-3H3. The molecule has 0 aromatic heterocycles. The summed E-state index contributed by atoms with van der Waals surface area (Å²) < 4.78 is 16.5. The first kappa shape index (κ1) is 14.2. The van der Waals surface area contributed by atoms with Gasteiger partial charge in [0.2, 0.25) is 0 Å². The molecule has 1 aromatic rings. The van der Waals surface area contributed by atoms with Crippen LogP contribution in [0.15, 0.2) is 24.3 Å². The van der Waals surface area contributed by atoms with Crippen LogP contribution in [0, 0.1) is 0 Å². The van der Waals surface area contributed by atoms with Crippen LogP contribution in [-0.4, -0.2) is 50.5 Å². The molecule has 0 bridgehead atoms. The molecule has 19 heavy (non-hydrogen) atoms. The fourth-order valence-electron chi connectivity index (χ4n) is 2.24. The van der Waals surface area contributed by atoms with Crippen molar-refractivity contribution in [3.05, 3.63) is 24.3 Å². The fourth-order valence-corrected chi connectivity index (χ4v) is 2.24. The molecule has 2 rings (SSSR count). The predicted octanol–water partition coefficient (Wildman–Crippen LogP) is 2.18. The first-order valence-electron chi connectivity index (χ1n) is 6.81. The van der Waals surface area contributed by atoms with E-state index in [-0.39, 0.29) is 0 Å². The fraction of sp³-hybridized carbons (Fsp3) is 0.600. The Morgan fingerprint density at radius 2 is 1.89 bits per heavy atom. The minimum atomic E-state index is 0.317. The van der Waals surface area contributed by atoms with Crippen molar-refractivity contribution >= 4 is 0 Å². The van der Waals surface area contributed by atoms with Gasteiger partial charge in [-0.25, -0.2) is 0 Å². The molecule has 0 aliphatic carbocycles. The second-order valence-electron chi connectivity index (χ2n) is 5.01. The van der Waals surface area contributed by atoms with Crippen LogP contribution >= 0.6 is 0 Å². The summed E-state index contributed by atoms with van der Waals surface area (Å²) in [5.74, 6) is 1.73. The van der Waals surface area contributed by atoms with E-state index in [4.69, 9.17) is 14.2 Å². The van der Waals surface area contributed by atoms with Crippen LogP contribution in [0.25, 0.3) is 0 Å². The Morgan fingerprint density at radius 1 is 1.21 bits per heavy atom. The van der Waals surface area contributed by atoms with Gasteiger partial charge < -0.3 is 14.2 Å². The quantitative estimate of drug-likeness (QED) is 0.816. The molecule has 1 saturated heterocycles. The normalized spacial score (nSPS) is 24.2. The van der Waals surface area contributed by atoms with E-state index in [1.165, 1.54) is 0 Å². The first-order valence-corrected chi connectivity index (χ1v) is 6.81. The van der Waals surface area contributed by atoms with Gasteiger partial charge in [0, 0.05) is 19.1 Å². The van der Waals surface area contributed by atoms with Crippen molar-refractivity contribution in [2.75, 3.05) is 33.4 Å². The number of benzene rings is 1. The van der Waals surface area contributed by atoms with Gasteiger partial charge in [0.15, 0.2) is 0 Å². The summed E-state index contributed by atoms with van der Waals surface area (Å²) in [4.78, 5) is 2.41. The maximum Gasteiger partial charge on any atom is 0.119 e. The van der Waals surface area contributed by atoms with E-state index in [1.54, 1.807) is 7.11 Å². The molecule has 0 N–H and O–H groups in total. The summed E-state index contributed by atoms with van der Waals surface area (Å²) >= 11 is 0. The predicted molar refractivity (Wildman–Crippen MR) is 74.9 cm³/mol. The molecule has 0 spiro atoms. The van der Waals surface area contributed by atoms with E-state index in [1.807, 2.05) is 24.3 Å². The minimum Gasteiger partial charge on any atom is -0.497 e. The third-order valence-corrected chi connectivity index (χ3v) is 3.44. The molecule has 1 aliphatic heterocycles. The average molecular weight is 265 g/mol. The minimum absolute atomic E-state index is 0.317. The molecule has 4 nitrogen and oxygen atoms in total. The second kappa shape index (κ2) is 6.78. The molecule has 2 unspecified atom stereocenters. The van der Waals surface area contributed by atoms with Crippen molar-refractivity contribution in [2.24, 2.45) is 0 Å². The summed E-state index contributed by atoms with van der Waals surface area (Å²) in [6, 6.07) is 8.16. The third-order valence-electron chi connectivity index (χ3n) is 3.44. The molecule has 1 fully saturated rings. The van der Waals surface area contributed by atoms with Crippen molar-refractivity contribution in [2.45, 2.75) is 26.0 Å². The van der Waals surface area contributed by atoms with E-state index < -0.39 is 0 Å². The zero-order valence-electron chi connectivity index (χ0n) is 12.0. The zero-order chi connectivity index (χ0) is 13.7. The molecule has 1 heterocycles. The molecule has 0 saturated carbocycles. The maximum absolute atomic E-state index is 5.75. The highest BCUT2D eigenvalue weighted by Crippen LogP contribution is 2.17. The van der Waals surface area contributed by atoms with Crippen LogP contribution < -0.4 is 9.47 Å². The summed E-state index contributed by atoms with van der Waals surface area (Å²) in [7, 11) is 1.66. The Kier molecular flexibility index (Phi) is 5.05. The van der Waals surface area contributed by atoms with Gasteiger partial charge in [-0.15, -0.1) is 0 Å². The van der Waals surface area contributed by atoms with Crippen molar-refractivity contribution in [3.63, 3.8) is 0 Å². The summed E-state index contributed by atoms with van der Waals surface area (Å²) in [5.41, 5.74) is 0. The molecular formula is C15H23NO3. The highest BCUT2D eigenvalue weighted by Gasteiger charge is 2.22. The number of morpholine rings is 1. The smallest absolute Gasteiger partial charge is 0.119 e. The monoisotopic (exact) mass is 265 g/mol. The Balaban J connectivity index is 1.75. The lowest BCUT2D eigenvalue weighted by Gasteiger charge is -2.36. The van der Waals surface area contributed by atoms with E-state index >= 15 is 0 Å². The van der Waals surface area contributed by atoms with E-state index in [2.05, 4.69) is 18.7 Å². The van der Waals surface area contributed by atoms with Gasteiger partial charge >= 0.3 is 0 Å². The van der Waals surface area contributed by atoms with Gasteiger partial charge in [-0.3, -0.25) is 4.90 Å². The molecule has 0 radical (unpaired) electrons. The first-order chi connectivity index (χ1) is 9.19. The molecule has 106 valence electrons. The van der Waals surface area contributed by atoms with Gasteiger partial charge in [0.25, 0.3) is 0 Å². The van der Waals surface area contributed by atoms with Crippen molar-refractivity contribution in [1.82, 2.24) is 4.90 Å². The summed E-state index contributed by atoms with van der Waals surface area (Å²) in [6.45, 7) is 7.73. The molecule has 0 amide bonds. The summed E-state index contributed by atoms with van der Waals surface area (Å²) in [6.07, 6.45) is 0.317. The van der Waals surface area contributed by atoms with Crippen molar-refractivity contribution in [1.29, 1.82) is 0 Å². The Labute approximate surface area is 115 Å². The van der Waals surface area contributed by atoms with Crippen molar-refractivity contribution in [3.8, 4) is 11.5 Å². The zero-order valence-corrected chi connectivity index (χ0v) is 12.0. The maximum atomic E-state index is 5.75. The molecule has 2 atom stereocenters. The SMILES string of the molecule is COc1ccc(OCCN2CC(C)OCC2C)cc1. The van der Waals surface area contributed by atoms with Crippen LogP contribution in [0.2, 0.25) is 0 Å². The lowest BCUT2D eigenvalue weighted by atomic mass is 10.2. The number of nitrogens with zero attached hydrogens (tertiary/aromatic N) is 1. The number of hydrogen-bond acceptors (Lipinski definition) is 4. The average Bonchev–Trinajstić information content (AvgIpc) is 2.43. The Bertz CT molecular complexity index is 379. The number of rotatable bonds is 5. The van der Waals surface area contributed by atoms with Crippen LogP contribution in [0.5, 0.6) is 11.5 Å². The van der Waals surface area contributed by atoms with E-state index in [9.17, 15) is 0 Å². The van der Waals surface area contributed by atoms with Gasteiger partial charge in [-0.2, -0.15) is 0 Å². The van der Waals surface area contributed by atoms with E-state index in [0.29, 0.717) is 18.8 Å². The highest BCUT2D eigenvalue weighted by atomic mass is 16.5. The number of hydrogen-bond donors (Lipinski definition) is 0. The molecular weight excluding hydrogens is 242 g/mol. The van der Waals surface area contributed by atoms with Crippen LogP contribution in [0.1, 0.15) is 13.8 Å². The number of ether oxygens (including phenoxy) is 3. The van der Waals surface area contributed by atoms with Gasteiger partial charge in [0.1, 0.15) is 18.1 Å². The molecule has 1 aromatic carbocycles. The number of methoxy groups -OCH3 is 1. The third kappa shape index (κ3) is 4.11. The topological polar surface area (TPSA) is 30.9 Å². The Hall–Kier alpha value is -1.26. The van der Waals surface area contributed by atoms with Crippen LogP contribution in [-0.2, 0) is 4.74 Å². The second-order valence-corrected chi connectivity index (χ2v) is 5.01. The Morgan fingerprint density at radius 3 is 2.58 bits per heavy atom. The molecule has 4 heteroatoms. The lowest BCUT2D eigenvalue weighted by molar-refractivity contribution is -0.0522. The van der Waals surface area contributed by atoms with Gasteiger partial charge in [-0.05, 0) is 38.1 Å². The largest absolute Gasteiger partial charge is 0.497 e. The molecule has 1 aliphatic rings. The highest BCUT2D eigenvalue weighted by molar-refractivity contribution is 5.31. The van der Waals surface area contributed by atoms with E-state index in [0.717, 1.165) is 31.2 Å². The van der Waals surface area contributed by atoms with Crippen molar-refractivity contribution < 1.29 is 14.2 Å². The lowest BCUT2D eigenvalue weighted by Crippen LogP contribution is -2.48. The summed E-state index contributed by atoms with van der Waals surface area (Å²) in [5, 5.41) is 0. The van der Waals surface area contributed by atoms with Gasteiger partial charge in [0.05, 0.1) is 19.8 Å².